The van der Waals surface area contributed by atoms with Crippen LogP contribution in [0.15, 0.2) is 24.3 Å². The molecule has 2 heterocycles. The zero-order chi connectivity index (χ0) is 17.9. The highest BCUT2D eigenvalue weighted by atomic mass is 16.5. The predicted octanol–water partition coefficient (Wildman–Crippen LogP) is 3.60. The van der Waals surface area contributed by atoms with Gasteiger partial charge in [0.15, 0.2) is 0 Å². The Morgan fingerprint density at radius 1 is 0.962 bits per heavy atom. The molecule has 3 aliphatic rings. The number of aliphatic hydroxyl groups is 1. The van der Waals surface area contributed by atoms with Crippen molar-refractivity contribution in [3.05, 3.63) is 29.8 Å². The third-order valence-corrected chi connectivity index (χ3v) is 6.78. The molecule has 0 bridgehead atoms. The molecule has 0 aromatic heterocycles. The molecule has 1 unspecified atom stereocenters. The van der Waals surface area contributed by atoms with E-state index in [1.807, 2.05) is 0 Å². The summed E-state index contributed by atoms with van der Waals surface area (Å²) in [5, 5.41) is 9.78. The lowest BCUT2D eigenvalue weighted by Gasteiger charge is -2.42. The molecule has 1 aliphatic carbocycles. The quantitative estimate of drug-likeness (QED) is 0.872. The highest BCUT2D eigenvalue weighted by Gasteiger charge is 2.30. The van der Waals surface area contributed by atoms with Gasteiger partial charge in [-0.3, -0.25) is 4.90 Å². The lowest BCUT2D eigenvalue weighted by molar-refractivity contribution is 0.0461. The summed E-state index contributed by atoms with van der Waals surface area (Å²) in [6.45, 7) is 6.60. The number of aliphatic hydroxyl groups excluding tert-OH is 1. The molecule has 2 saturated heterocycles. The van der Waals surface area contributed by atoms with Crippen molar-refractivity contribution in [1.82, 2.24) is 9.80 Å². The van der Waals surface area contributed by atoms with E-state index >= 15 is 0 Å². The van der Waals surface area contributed by atoms with E-state index in [9.17, 15) is 5.11 Å². The molecule has 0 amide bonds. The van der Waals surface area contributed by atoms with Gasteiger partial charge in [-0.2, -0.15) is 0 Å². The van der Waals surface area contributed by atoms with Crippen molar-refractivity contribution in [3.8, 4) is 5.75 Å². The highest BCUT2D eigenvalue weighted by Crippen LogP contribution is 2.33. The lowest BCUT2D eigenvalue weighted by atomic mass is 9.89. The SMILES string of the molecule is CC(c1ccccc1OC1CCN(C2CCC2)CC1)N1CCC(O)CC1. The van der Waals surface area contributed by atoms with Crippen LogP contribution in [0, 0.1) is 0 Å². The van der Waals surface area contributed by atoms with Crippen LogP contribution in [-0.4, -0.2) is 59.3 Å². The first-order chi connectivity index (χ1) is 12.7. The highest BCUT2D eigenvalue weighted by molar-refractivity contribution is 5.36. The van der Waals surface area contributed by atoms with E-state index < -0.39 is 0 Å². The average Bonchev–Trinajstić information content (AvgIpc) is 2.62. The maximum Gasteiger partial charge on any atom is 0.124 e. The van der Waals surface area contributed by atoms with Crippen LogP contribution in [0.3, 0.4) is 0 Å². The number of ether oxygens (including phenoxy) is 1. The van der Waals surface area contributed by atoms with E-state index in [1.165, 1.54) is 37.9 Å². The molecule has 0 spiro atoms. The second-order valence-electron chi connectivity index (χ2n) is 8.42. The fourth-order valence-corrected chi connectivity index (χ4v) is 4.69. The maximum absolute atomic E-state index is 9.78. The van der Waals surface area contributed by atoms with Crippen LogP contribution in [0.4, 0.5) is 0 Å². The van der Waals surface area contributed by atoms with Gasteiger partial charge in [0.1, 0.15) is 11.9 Å². The van der Waals surface area contributed by atoms with Crippen molar-refractivity contribution >= 4 is 0 Å². The Hall–Kier alpha value is -1.10. The number of rotatable bonds is 5. The standard InChI is InChI=1S/C22H34N2O2/c1-17(23-13-9-19(25)10-14-23)21-7-2-3-8-22(21)26-20-11-15-24(16-12-20)18-5-4-6-18/h2-3,7-8,17-20,25H,4-6,9-16H2,1H3. The number of para-hydroxylation sites is 1. The summed E-state index contributed by atoms with van der Waals surface area (Å²) in [5.41, 5.74) is 1.30. The molecular formula is C22H34N2O2. The third kappa shape index (κ3) is 4.08. The molecule has 1 atom stereocenters. The first-order valence-electron chi connectivity index (χ1n) is 10.6. The average molecular weight is 359 g/mol. The van der Waals surface area contributed by atoms with Crippen molar-refractivity contribution in [3.63, 3.8) is 0 Å². The summed E-state index contributed by atoms with van der Waals surface area (Å²) >= 11 is 0. The smallest absolute Gasteiger partial charge is 0.124 e. The molecule has 1 N–H and O–H groups in total. The molecule has 144 valence electrons. The van der Waals surface area contributed by atoms with Crippen molar-refractivity contribution in [2.75, 3.05) is 26.2 Å². The van der Waals surface area contributed by atoms with Gasteiger partial charge in [0.2, 0.25) is 0 Å². The van der Waals surface area contributed by atoms with E-state index in [2.05, 4.69) is 41.0 Å². The monoisotopic (exact) mass is 358 g/mol. The summed E-state index contributed by atoms with van der Waals surface area (Å²) in [7, 11) is 0. The van der Waals surface area contributed by atoms with Gasteiger partial charge in [-0.1, -0.05) is 24.6 Å². The van der Waals surface area contributed by atoms with E-state index in [-0.39, 0.29) is 6.10 Å². The Balaban J connectivity index is 1.36. The van der Waals surface area contributed by atoms with Crippen LogP contribution in [0.5, 0.6) is 5.75 Å². The molecule has 1 aromatic carbocycles. The minimum atomic E-state index is -0.120. The van der Waals surface area contributed by atoms with E-state index in [0.717, 1.165) is 50.6 Å². The summed E-state index contributed by atoms with van der Waals surface area (Å²) in [6.07, 6.45) is 8.50. The van der Waals surface area contributed by atoms with Gasteiger partial charge < -0.3 is 14.7 Å². The Morgan fingerprint density at radius 2 is 1.65 bits per heavy atom. The second kappa shape index (κ2) is 8.28. The Bertz CT molecular complexity index is 573. The van der Waals surface area contributed by atoms with E-state index in [0.29, 0.717) is 12.1 Å². The molecule has 2 aliphatic heterocycles. The van der Waals surface area contributed by atoms with Crippen LogP contribution in [0.2, 0.25) is 0 Å². The predicted molar refractivity (Wildman–Crippen MR) is 105 cm³/mol. The minimum Gasteiger partial charge on any atom is -0.490 e. The number of hydrogen-bond acceptors (Lipinski definition) is 4. The van der Waals surface area contributed by atoms with Gasteiger partial charge in [-0.05, 0) is 51.5 Å². The molecule has 0 radical (unpaired) electrons. The molecule has 4 nitrogen and oxygen atoms in total. The van der Waals surface area contributed by atoms with Gasteiger partial charge in [-0.25, -0.2) is 0 Å². The van der Waals surface area contributed by atoms with Crippen LogP contribution < -0.4 is 4.74 Å². The van der Waals surface area contributed by atoms with Gasteiger partial charge >= 0.3 is 0 Å². The fraction of sp³-hybridized carbons (Fsp3) is 0.727. The summed E-state index contributed by atoms with van der Waals surface area (Å²) < 4.78 is 6.50. The van der Waals surface area contributed by atoms with E-state index in [4.69, 9.17) is 4.74 Å². The van der Waals surface area contributed by atoms with Crippen LogP contribution in [0.25, 0.3) is 0 Å². The second-order valence-corrected chi connectivity index (χ2v) is 8.42. The number of piperidine rings is 2. The molecule has 3 fully saturated rings. The topological polar surface area (TPSA) is 35.9 Å². The minimum absolute atomic E-state index is 0.120. The van der Waals surface area contributed by atoms with Crippen molar-refractivity contribution in [2.24, 2.45) is 0 Å². The number of hydrogen-bond donors (Lipinski definition) is 1. The first kappa shape index (κ1) is 18.3. The van der Waals surface area contributed by atoms with Gasteiger partial charge in [0, 0.05) is 43.8 Å². The molecule has 1 saturated carbocycles. The number of likely N-dealkylation sites (tertiary alicyclic amines) is 2. The van der Waals surface area contributed by atoms with Crippen LogP contribution in [-0.2, 0) is 0 Å². The fourth-order valence-electron chi connectivity index (χ4n) is 4.69. The Labute approximate surface area is 158 Å². The van der Waals surface area contributed by atoms with Crippen LogP contribution >= 0.6 is 0 Å². The number of benzene rings is 1. The van der Waals surface area contributed by atoms with E-state index in [1.54, 1.807) is 0 Å². The lowest BCUT2D eigenvalue weighted by Crippen LogP contribution is -2.46. The Morgan fingerprint density at radius 3 is 2.31 bits per heavy atom. The van der Waals surface area contributed by atoms with Crippen molar-refractivity contribution < 1.29 is 9.84 Å². The number of nitrogens with zero attached hydrogens (tertiary/aromatic N) is 2. The zero-order valence-corrected chi connectivity index (χ0v) is 16.1. The zero-order valence-electron chi connectivity index (χ0n) is 16.1. The van der Waals surface area contributed by atoms with Gasteiger partial charge in [0.25, 0.3) is 0 Å². The summed E-state index contributed by atoms with van der Waals surface area (Å²) in [5.74, 6) is 1.06. The van der Waals surface area contributed by atoms with Gasteiger partial charge in [0.05, 0.1) is 6.10 Å². The van der Waals surface area contributed by atoms with Crippen molar-refractivity contribution in [2.45, 2.75) is 76.2 Å². The van der Waals surface area contributed by atoms with Crippen LogP contribution in [0.1, 0.15) is 63.5 Å². The molecular weight excluding hydrogens is 324 g/mol. The third-order valence-electron chi connectivity index (χ3n) is 6.78. The van der Waals surface area contributed by atoms with Gasteiger partial charge in [-0.15, -0.1) is 0 Å². The largest absolute Gasteiger partial charge is 0.490 e. The molecule has 4 rings (SSSR count). The maximum atomic E-state index is 9.78. The molecule has 4 heteroatoms. The molecule has 1 aromatic rings. The Kier molecular flexibility index (Phi) is 5.82. The normalized spacial score (nSPS) is 25.8. The first-order valence-corrected chi connectivity index (χ1v) is 10.6. The molecule has 26 heavy (non-hydrogen) atoms. The summed E-state index contributed by atoms with van der Waals surface area (Å²) in [4.78, 5) is 5.16. The summed E-state index contributed by atoms with van der Waals surface area (Å²) in [6, 6.07) is 9.77. The van der Waals surface area contributed by atoms with Crippen molar-refractivity contribution in [1.29, 1.82) is 0 Å².